The summed E-state index contributed by atoms with van der Waals surface area (Å²) in [5.41, 5.74) is 4.34. The van der Waals surface area contributed by atoms with Gasteiger partial charge in [0.25, 0.3) is 5.91 Å². The maximum atomic E-state index is 12.5. The number of hydrazone groups is 1. The summed E-state index contributed by atoms with van der Waals surface area (Å²) in [5.74, 6) is -0.0625. The fourth-order valence-electron chi connectivity index (χ4n) is 2.01. The van der Waals surface area contributed by atoms with Crippen LogP contribution in [0.1, 0.15) is 19.4 Å². The van der Waals surface area contributed by atoms with Crippen LogP contribution in [0.5, 0.6) is 0 Å². The van der Waals surface area contributed by atoms with Crippen LogP contribution < -0.4 is 5.01 Å². The number of anilines is 1. The lowest BCUT2D eigenvalue weighted by Crippen LogP contribution is -2.24. The lowest BCUT2D eigenvalue weighted by atomic mass is 10.1. The van der Waals surface area contributed by atoms with Crippen molar-refractivity contribution in [3.63, 3.8) is 0 Å². The van der Waals surface area contributed by atoms with E-state index in [0.29, 0.717) is 5.57 Å². The van der Waals surface area contributed by atoms with Crippen LogP contribution in [-0.4, -0.2) is 30.6 Å². The first-order valence-electron chi connectivity index (χ1n) is 6.26. The second-order valence-electron chi connectivity index (χ2n) is 4.99. The molecule has 0 N–H and O–H groups in total. The topological polar surface area (TPSA) is 35.9 Å². The SMILES string of the molecule is CC1=NN(c2ccc(C)cc2)C(=O)/C1=C(/C)N(C)C. The first-order valence-corrected chi connectivity index (χ1v) is 6.26. The summed E-state index contributed by atoms with van der Waals surface area (Å²) < 4.78 is 0. The van der Waals surface area contributed by atoms with E-state index in [1.165, 1.54) is 5.01 Å². The number of aryl methyl sites for hydroxylation is 1. The summed E-state index contributed by atoms with van der Waals surface area (Å²) in [4.78, 5) is 14.4. The van der Waals surface area contributed by atoms with Gasteiger partial charge in [-0.3, -0.25) is 4.79 Å². The van der Waals surface area contributed by atoms with Gasteiger partial charge in [-0.25, -0.2) is 0 Å². The highest BCUT2D eigenvalue weighted by molar-refractivity contribution is 6.30. The smallest absolute Gasteiger partial charge is 0.282 e. The Kier molecular flexibility index (Phi) is 3.42. The molecule has 0 aromatic heterocycles. The minimum atomic E-state index is -0.0625. The van der Waals surface area contributed by atoms with Crippen molar-refractivity contribution in [2.45, 2.75) is 20.8 Å². The van der Waals surface area contributed by atoms with E-state index in [1.54, 1.807) is 0 Å². The third-order valence-corrected chi connectivity index (χ3v) is 3.33. The Balaban J connectivity index is 2.41. The first-order chi connectivity index (χ1) is 8.91. The second-order valence-corrected chi connectivity index (χ2v) is 4.99. The molecule has 19 heavy (non-hydrogen) atoms. The zero-order valence-electron chi connectivity index (χ0n) is 12.1. The molecule has 0 unspecified atom stereocenters. The molecule has 1 aromatic carbocycles. The fourth-order valence-corrected chi connectivity index (χ4v) is 2.01. The molecular weight excluding hydrogens is 238 g/mol. The number of allylic oxidation sites excluding steroid dienone is 1. The maximum absolute atomic E-state index is 12.5. The summed E-state index contributed by atoms with van der Waals surface area (Å²) >= 11 is 0. The molecule has 0 fully saturated rings. The zero-order chi connectivity index (χ0) is 14.2. The van der Waals surface area contributed by atoms with Gasteiger partial charge in [-0.15, -0.1) is 0 Å². The predicted molar refractivity (Wildman–Crippen MR) is 78.2 cm³/mol. The van der Waals surface area contributed by atoms with Gasteiger partial charge < -0.3 is 4.90 Å². The summed E-state index contributed by atoms with van der Waals surface area (Å²) in [7, 11) is 3.86. The average Bonchev–Trinajstić information content (AvgIpc) is 2.65. The molecule has 1 amide bonds. The molecule has 0 spiro atoms. The third-order valence-electron chi connectivity index (χ3n) is 3.33. The van der Waals surface area contributed by atoms with E-state index in [1.807, 2.05) is 64.0 Å². The van der Waals surface area contributed by atoms with Crippen LogP contribution in [0.3, 0.4) is 0 Å². The highest BCUT2D eigenvalue weighted by Crippen LogP contribution is 2.25. The molecular formula is C15H19N3O. The van der Waals surface area contributed by atoms with Crippen molar-refractivity contribution in [3.05, 3.63) is 41.1 Å². The molecule has 4 nitrogen and oxygen atoms in total. The predicted octanol–water partition coefficient (Wildman–Crippen LogP) is 2.55. The van der Waals surface area contributed by atoms with Crippen molar-refractivity contribution in [3.8, 4) is 0 Å². The molecule has 1 aliphatic heterocycles. The van der Waals surface area contributed by atoms with Crippen LogP contribution >= 0.6 is 0 Å². The molecule has 0 radical (unpaired) electrons. The molecule has 4 heteroatoms. The van der Waals surface area contributed by atoms with Crippen molar-refractivity contribution in [2.24, 2.45) is 5.10 Å². The number of carbonyl (C=O) groups excluding carboxylic acids is 1. The van der Waals surface area contributed by atoms with E-state index < -0.39 is 0 Å². The third kappa shape index (κ3) is 2.38. The molecule has 0 saturated heterocycles. The monoisotopic (exact) mass is 257 g/mol. The Labute approximate surface area is 114 Å². The number of hydrogen-bond donors (Lipinski definition) is 0. The van der Waals surface area contributed by atoms with Crippen LogP contribution in [0, 0.1) is 6.92 Å². The van der Waals surface area contributed by atoms with Gasteiger partial charge in [-0.1, -0.05) is 17.7 Å². The highest BCUT2D eigenvalue weighted by atomic mass is 16.2. The van der Waals surface area contributed by atoms with Gasteiger partial charge in [0.2, 0.25) is 0 Å². The minimum absolute atomic E-state index is 0.0625. The summed E-state index contributed by atoms with van der Waals surface area (Å²) in [6, 6.07) is 7.79. The normalized spacial score (nSPS) is 17.6. The lowest BCUT2D eigenvalue weighted by Gasteiger charge is -2.16. The van der Waals surface area contributed by atoms with E-state index >= 15 is 0 Å². The lowest BCUT2D eigenvalue weighted by molar-refractivity contribution is -0.114. The van der Waals surface area contributed by atoms with Crippen molar-refractivity contribution in [1.29, 1.82) is 0 Å². The molecule has 1 aliphatic rings. The maximum Gasteiger partial charge on any atom is 0.282 e. The van der Waals surface area contributed by atoms with Crippen molar-refractivity contribution >= 4 is 17.3 Å². The van der Waals surface area contributed by atoms with E-state index in [2.05, 4.69) is 5.10 Å². The molecule has 1 heterocycles. The van der Waals surface area contributed by atoms with Crippen LogP contribution in [0.4, 0.5) is 5.69 Å². The second kappa shape index (κ2) is 4.88. The molecule has 0 saturated carbocycles. The van der Waals surface area contributed by atoms with Crippen LogP contribution in [0.25, 0.3) is 0 Å². The summed E-state index contributed by atoms with van der Waals surface area (Å²) in [6.45, 7) is 5.82. The number of benzene rings is 1. The van der Waals surface area contributed by atoms with Crippen LogP contribution in [-0.2, 0) is 4.79 Å². The molecule has 100 valence electrons. The van der Waals surface area contributed by atoms with Gasteiger partial charge in [0.05, 0.1) is 17.0 Å². The Bertz CT molecular complexity index is 568. The quantitative estimate of drug-likeness (QED) is 0.763. The zero-order valence-corrected chi connectivity index (χ0v) is 12.1. The Hall–Kier alpha value is -2.10. The van der Waals surface area contributed by atoms with Gasteiger partial charge in [0, 0.05) is 19.8 Å². The largest absolute Gasteiger partial charge is 0.380 e. The molecule has 0 atom stereocenters. The Morgan fingerprint density at radius 1 is 1.16 bits per heavy atom. The summed E-state index contributed by atoms with van der Waals surface area (Å²) in [5, 5.41) is 5.84. The number of hydrogen-bond acceptors (Lipinski definition) is 3. The van der Waals surface area contributed by atoms with Crippen LogP contribution in [0.15, 0.2) is 40.6 Å². The Morgan fingerprint density at radius 2 is 1.74 bits per heavy atom. The van der Waals surface area contributed by atoms with Gasteiger partial charge >= 0.3 is 0 Å². The van der Waals surface area contributed by atoms with E-state index in [0.717, 1.165) is 22.7 Å². The van der Waals surface area contributed by atoms with E-state index in [9.17, 15) is 4.79 Å². The highest BCUT2D eigenvalue weighted by Gasteiger charge is 2.30. The van der Waals surface area contributed by atoms with E-state index in [4.69, 9.17) is 0 Å². The Morgan fingerprint density at radius 3 is 2.26 bits per heavy atom. The standard InChI is InChI=1S/C15H19N3O/c1-10-6-8-13(9-7-10)18-15(19)14(11(2)16-18)12(3)17(4)5/h6-9H,1-5H3/b14-12-. The van der Waals surface area contributed by atoms with Crippen LogP contribution in [0.2, 0.25) is 0 Å². The van der Waals surface area contributed by atoms with Gasteiger partial charge in [0.15, 0.2) is 0 Å². The molecule has 0 bridgehead atoms. The van der Waals surface area contributed by atoms with Gasteiger partial charge in [0.1, 0.15) is 0 Å². The van der Waals surface area contributed by atoms with E-state index in [-0.39, 0.29) is 5.91 Å². The molecule has 2 rings (SSSR count). The fraction of sp³-hybridized carbons (Fsp3) is 0.333. The first kappa shape index (κ1) is 13.3. The van der Waals surface area contributed by atoms with Crippen molar-refractivity contribution in [1.82, 2.24) is 4.90 Å². The van der Waals surface area contributed by atoms with Gasteiger partial charge in [-0.2, -0.15) is 10.1 Å². The van der Waals surface area contributed by atoms with Gasteiger partial charge in [-0.05, 0) is 32.9 Å². The number of nitrogens with zero attached hydrogens (tertiary/aromatic N) is 3. The number of carbonyl (C=O) groups is 1. The summed E-state index contributed by atoms with van der Waals surface area (Å²) in [6.07, 6.45) is 0. The molecule has 0 aliphatic carbocycles. The minimum Gasteiger partial charge on any atom is -0.380 e. The molecule has 1 aromatic rings. The van der Waals surface area contributed by atoms with Crippen molar-refractivity contribution in [2.75, 3.05) is 19.1 Å². The number of amides is 1. The number of rotatable bonds is 2. The van der Waals surface area contributed by atoms with Crippen molar-refractivity contribution < 1.29 is 4.79 Å². The average molecular weight is 257 g/mol.